The van der Waals surface area contributed by atoms with E-state index in [0.717, 1.165) is 26.1 Å². The van der Waals surface area contributed by atoms with Gasteiger partial charge in [-0.2, -0.15) is 0 Å². The molecule has 5 nitrogen and oxygen atoms in total. The maximum atomic E-state index is 11.8. The van der Waals surface area contributed by atoms with Crippen LogP contribution in [0.3, 0.4) is 0 Å². The van der Waals surface area contributed by atoms with Gasteiger partial charge in [-0.05, 0) is 18.9 Å². The van der Waals surface area contributed by atoms with Gasteiger partial charge in [0.15, 0.2) is 0 Å². The summed E-state index contributed by atoms with van der Waals surface area (Å²) >= 11 is 0. The van der Waals surface area contributed by atoms with Crippen LogP contribution in [0.15, 0.2) is 0 Å². The lowest BCUT2D eigenvalue weighted by molar-refractivity contribution is -0.124. The van der Waals surface area contributed by atoms with Gasteiger partial charge in [0.2, 0.25) is 5.91 Å². The Labute approximate surface area is 111 Å². The van der Waals surface area contributed by atoms with Gasteiger partial charge < -0.3 is 20.7 Å². The van der Waals surface area contributed by atoms with Gasteiger partial charge in [-0.1, -0.05) is 20.8 Å². The summed E-state index contributed by atoms with van der Waals surface area (Å²) < 4.78 is 4.99. The van der Waals surface area contributed by atoms with Crippen molar-refractivity contribution in [2.24, 2.45) is 11.1 Å². The van der Waals surface area contributed by atoms with Crippen molar-refractivity contribution in [1.82, 2.24) is 10.2 Å². The van der Waals surface area contributed by atoms with Gasteiger partial charge in [0, 0.05) is 33.4 Å². The van der Waals surface area contributed by atoms with Gasteiger partial charge in [-0.3, -0.25) is 4.79 Å². The maximum absolute atomic E-state index is 11.8. The molecule has 108 valence electrons. The molecular weight excluding hydrogens is 230 g/mol. The second-order valence-electron chi connectivity index (χ2n) is 5.78. The molecule has 1 amide bonds. The molecule has 5 heteroatoms. The van der Waals surface area contributed by atoms with Gasteiger partial charge in [-0.15, -0.1) is 0 Å². The Morgan fingerprint density at radius 3 is 2.50 bits per heavy atom. The van der Waals surface area contributed by atoms with Crippen molar-refractivity contribution in [1.29, 1.82) is 0 Å². The fourth-order valence-corrected chi connectivity index (χ4v) is 1.46. The molecule has 0 saturated carbocycles. The number of ether oxygens (including phenoxy) is 1. The zero-order valence-electron chi connectivity index (χ0n) is 12.5. The molecule has 1 atom stereocenters. The van der Waals surface area contributed by atoms with E-state index in [2.05, 4.69) is 10.2 Å². The molecule has 0 radical (unpaired) electrons. The second kappa shape index (κ2) is 8.45. The van der Waals surface area contributed by atoms with Crippen LogP contribution in [0, 0.1) is 5.41 Å². The van der Waals surface area contributed by atoms with Crippen LogP contribution in [0.1, 0.15) is 27.2 Å². The van der Waals surface area contributed by atoms with Gasteiger partial charge in [-0.25, -0.2) is 0 Å². The molecule has 0 aliphatic heterocycles. The number of carbonyl (C=O) groups is 1. The molecule has 0 aromatic carbocycles. The molecule has 0 aromatic rings. The lowest BCUT2D eigenvalue weighted by Crippen LogP contribution is -2.49. The fraction of sp³-hybridized carbons (Fsp3) is 0.923. The highest BCUT2D eigenvalue weighted by molar-refractivity contribution is 5.82. The summed E-state index contributed by atoms with van der Waals surface area (Å²) in [7, 11) is 3.74. The number of likely N-dealkylation sites (N-methyl/N-ethyl adjacent to an activating group) is 1. The first-order chi connectivity index (χ1) is 8.29. The number of nitrogens with two attached hydrogens (primary N) is 1. The quantitative estimate of drug-likeness (QED) is 0.621. The van der Waals surface area contributed by atoms with Crippen LogP contribution in [0.5, 0.6) is 0 Å². The number of methoxy groups -OCH3 is 1. The van der Waals surface area contributed by atoms with E-state index < -0.39 is 6.04 Å². The van der Waals surface area contributed by atoms with Crippen molar-refractivity contribution in [2.75, 3.05) is 40.4 Å². The zero-order chi connectivity index (χ0) is 14.2. The number of amides is 1. The van der Waals surface area contributed by atoms with Crippen LogP contribution in [0.25, 0.3) is 0 Å². The van der Waals surface area contributed by atoms with E-state index in [9.17, 15) is 4.79 Å². The number of nitrogens with zero attached hydrogens (tertiary/aromatic N) is 1. The van der Waals surface area contributed by atoms with E-state index in [4.69, 9.17) is 10.5 Å². The monoisotopic (exact) mass is 259 g/mol. The van der Waals surface area contributed by atoms with E-state index >= 15 is 0 Å². The van der Waals surface area contributed by atoms with Crippen LogP contribution in [0.2, 0.25) is 0 Å². The van der Waals surface area contributed by atoms with E-state index in [-0.39, 0.29) is 11.3 Å². The Kier molecular flexibility index (Phi) is 8.15. The van der Waals surface area contributed by atoms with Crippen molar-refractivity contribution in [3.63, 3.8) is 0 Å². The normalized spacial score (nSPS) is 13.7. The molecule has 0 saturated heterocycles. The van der Waals surface area contributed by atoms with Crippen molar-refractivity contribution in [2.45, 2.75) is 33.2 Å². The van der Waals surface area contributed by atoms with Gasteiger partial charge in [0.1, 0.15) is 0 Å². The Morgan fingerprint density at radius 1 is 1.39 bits per heavy atom. The highest BCUT2D eigenvalue weighted by Gasteiger charge is 2.26. The SMILES string of the molecule is COCCCN(C)CCNC(=O)[C@@H](N)C(C)(C)C. The number of carbonyl (C=O) groups excluding carboxylic acids is 1. The predicted molar refractivity (Wildman–Crippen MR) is 74.4 cm³/mol. The lowest BCUT2D eigenvalue weighted by Gasteiger charge is -2.26. The summed E-state index contributed by atoms with van der Waals surface area (Å²) in [5, 5.41) is 2.87. The van der Waals surface area contributed by atoms with Crippen LogP contribution in [0.4, 0.5) is 0 Å². The largest absolute Gasteiger partial charge is 0.385 e. The average Bonchev–Trinajstić information content (AvgIpc) is 2.27. The minimum atomic E-state index is -0.462. The Morgan fingerprint density at radius 2 is 2.00 bits per heavy atom. The van der Waals surface area contributed by atoms with E-state index in [1.807, 2.05) is 27.8 Å². The number of nitrogens with one attached hydrogen (secondary N) is 1. The summed E-state index contributed by atoms with van der Waals surface area (Å²) in [6.07, 6.45) is 1.00. The van der Waals surface area contributed by atoms with E-state index in [1.165, 1.54) is 0 Å². The minimum absolute atomic E-state index is 0.0761. The third kappa shape index (κ3) is 7.63. The highest BCUT2D eigenvalue weighted by Crippen LogP contribution is 2.16. The molecule has 0 aliphatic rings. The number of rotatable bonds is 8. The number of hydrogen-bond donors (Lipinski definition) is 2. The molecule has 0 fully saturated rings. The first kappa shape index (κ1) is 17.4. The third-order valence-corrected chi connectivity index (χ3v) is 2.90. The van der Waals surface area contributed by atoms with Crippen molar-refractivity contribution in [3.05, 3.63) is 0 Å². The maximum Gasteiger partial charge on any atom is 0.237 e. The molecule has 0 rings (SSSR count). The Bertz CT molecular complexity index is 239. The van der Waals surface area contributed by atoms with Crippen LogP contribution in [-0.4, -0.2) is 57.2 Å². The summed E-state index contributed by atoms with van der Waals surface area (Å²) in [5.41, 5.74) is 5.67. The van der Waals surface area contributed by atoms with Crippen LogP contribution >= 0.6 is 0 Å². The highest BCUT2D eigenvalue weighted by atomic mass is 16.5. The minimum Gasteiger partial charge on any atom is -0.385 e. The van der Waals surface area contributed by atoms with Gasteiger partial charge in [0.25, 0.3) is 0 Å². The van der Waals surface area contributed by atoms with Crippen LogP contribution in [-0.2, 0) is 9.53 Å². The molecular formula is C13H29N3O2. The standard InChI is InChI=1S/C13H29N3O2/c1-13(2,3)11(14)12(17)15-7-9-16(4)8-6-10-18-5/h11H,6-10,14H2,1-5H3,(H,15,17)/t11-/m1/s1. The van der Waals surface area contributed by atoms with Gasteiger partial charge in [0.05, 0.1) is 6.04 Å². The molecule has 0 aromatic heterocycles. The second-order valence-corrected chi connectivity index (χ2v) is 5.78. The van der Waals surface area contributed by atoms with Crippen molar-refractivity contribution >= 4 is 5.91 Å². The summed E-state index contributed by atoms with van der Waals surface area (Å²) in [6.45, 7) is 9.09. The molecule has 0 unspecified atom stereocenters. The van der Waals surface area contributed by atoms with Crippen molar-refractivity contribution in [3.8, 4) is 0 Å². The average molecular weight is 259 g/mol. The first-order valence-electron chi connectivity index (χ1n) is 6.49. The molecule has 0 aliphatic carbocycles. The Hall–Kier alpha value is -0.650. The van der Waals surface area contributed by atoms with Crippen molar-refractivity contribution < 1.29 is 9.53 Å². The summed E-state index contributed by atoms with van der Waals surface area (Å²) in [6, 6.07) is -0.462. The van der Waals surface area contributed by atoms with E-state index in [0.29, 0.717) is 6.54 Å². The summed E-state index contributed by atoms with van der Waals surface area (Å²) in [5.74, 6) is -0.0761. The fourth-order valence-electron chi connectivity index (χ4n) is 1.46. The molecule has 0 bridgehead atoms. The first-order valence-corrected chi connectivity index (χ1v) is 6.49. The van der Waals surface area contributed by atoms with E-state index in [1.54, 1.807) is 7.11 Å². The molecule has 3 N–H and O–H groups in total. The smallest absolute Gasteiger partial charge is 0.237 e. The third-order valence-electron chi connectivity index (χ3n) is 2.90. The Balaban J connectivity index is 3.74. The predicted octanol–water partition coefficient (Wildman–Crippen LogP) is 0.444. The molecule has 0 spiro atoms. The molecule has 18 heavy (non-hydrogen) atoms. The number of hydrogen-bond acceptors (Lipinski definition) is 4. The van der Waals surface area contributed by atoms with Gasteiger partial charge >= 0.3 is 0 Å². The zero-order valence-corrected chi connectivity index (χ0v) is 12.5. The topological polar surface area (TPSA) is 67.6 Å². The lowest BCUT2D eigenvalue weighted by atomic mass is 9.87. The summed E-state index contributed by atoms with van der Waals surface area (Å²) in [4.78, 5) is 13.9. The van der Waals surface area contributed by atoms with Crippen LogP contribution < -0.4 is 11.1 Å². The molecule has 0 heterocycles.